The number of amides is 2. The predicted octanol–water partition coefficient (Wildman–Crippen LogP) is 4.75. The average Bonchev–Trinajstić information content (AvgIpc) is 3.32. The molecule has 34 heavy (non-hydrogen) atoms. The van der Waals surface area contributed by atoms with Gasteiger partial charge >= 0.3 is 0 Å². The standard InChI is InChI=1S/C27H18ClFN2O3/c28-17-12-9-16(10-13-17)25(32)24-23-22(21-14-11-15-5-1-3-7-19(15)30(21)24)26(33)31(27(23)34)20-8-4-2-6-18(20)29/h1-14,21-24H/t21-,22+,23-,24-/m0/s1. The molecule has 3 aliphatic heterocycles. The lowest BCUT2D eigenvalue weighted by Crippen LogP contribution is -2.49. The molecular formula is C27H18ClFN2O3. The fourth-order valence-electron chi connectivity index (χ4n) is 5.47. The Labute approximate surface area is 200 Å². The monoisotopic (exact) mass is 472 g/mol. The molecule has 3 aromatic rings. The number of carbonyl (C=O) groups excluding carboxylic acids is 3. The molecule has 168 valence electrons. The molecule has 2 amide bonds. The van der Waals surface area contributed by atoms with Crippen LogP contribution in [0, 0.1) is 17.7 Å². The topological polar surface area (TPSA) is 57.7 Å². The van der Waals surface area contributed by atoms with Crippen LogP contribution in [-0.2, 0) is 9.59 Å². The highest BCUT2D eigenvalue weighted by atomic mass is 35.5. The number of anilines is 2. The van der Waals surface area contributed by atoms with Gasteiger partial charge in [0.2, 0.25) is 11.8 Å². The molecule has 7 heteroatoms. The van der Waals surface area contributed by atoms with Crippen molar-refractivity contribution in [2.75, 3.05) is 9.80 Å². The SMILES string of the molecule is O=C(c1ccc(Cl)cc1)[C@@H]1[C@H]2C(=O)N(c3ccccc3F)C(=O)[C@@H]2[C@@H]2C=Cc3ccccc3N12. The van der Waals surface area contributed by atoms with Crippen LogP contribution in [0.25, 0.3) is 6.08 Å². The van der Waals surface area contributed by atoms with Crippen LogP contribution in [-0.4, -0.2) is 29.7 Å². The summed E-state index contributed by atoms with van der Waals surface area (Å²) in [5.74, 6) is -3.76. The molecule has 0 spiro atoms. The van der Waals surface area contributed by atoms with E-state index in [1.165, 1.54) is 18.2 Å². The van der Waals surface area contributed by atoms with E-state index < -0.39 is 41.6 Å². The van der Waals surface area contributed by atoms with Crippen LogP contribution in [0.15, 0.2) is 78.9 Å². The summed E-state index contributed by atoms with van der Waals surface area (Å²) >= 11 is 6.02. The van der Waals surface area contributed by atoms with Gasteiger partial charge in [0.25, 0.3) is 0 Å². The summed E-state index contributed by atoms with van der Waals surface area (Å²) in [6, 6.07) is 18.3. The van der Waals surface area contributed by atoms with Crippen molar-refractivity contribution in [3.63, 3.8) is 0 Å². The highest BCUT2D eigenvalue weighted by molar-refractivity contribution is 6.30. The lowest BCUT2D eigenvalue weighted by atomic mass is 9.86. The van der Waals surface area contributed by atoms with Gasteiger partial charge in [0.15, 0.2) is 5.78 Å². The third kappa shape index (κ3) is 2.88. The second-order valence-electron chi connectivity index (χ2n) is 8.65. The Bertz CT molecular complexity index is 1390. The summed E-state index contributed by atoms with van der Waals surface area (Å²) in [5, 5.41) is 0.489. The predicted molar refractivity (Wildman–Crippen MR) is 127 cm³/mol. The van der Waals surface area contributed by atoms with Crippen molar-refractivity contribution >= 4 is 46.6 Å². The van der Waals surface area contributed by atoms with E-state index in [-0.39, 0.29) is 11.5 Å². The smallest absolute Gasteiger partial charge is 0.240 e. The number of carbonyl (C=O) groups is 3. The number of nitrogens with zero attached hydrogens (tertiary/aromatic N) is 2. The van der Waals surface area contributed by atoms with Gasteiger partial charge < -0.3 is 4.90 Å². The van der Waals surface area contributed by atoms with Gasteiger partial charge in [0.05, 0.1) is 23.6 Å². The van der Waals surface area contributed by atoms with E-state index in [2.05, 4.69) is 0 Å². The van der Waals surface area contributed by atoms with Gasteiger partial charge in [-0.05, 0) is 48.0 Å². The lowest BCUT2D eigenvalue weighted by Gasteiger charge is -2.36. The number of hydrogen-bond acceptors (Lipinski definition) is 4. The van der Waals surface area contributed by atoms with E-state index in [4.69, 9.17) is 11.6 Å². The van der Waals surface area contributed by atoms with Crippen LogP contribution in [0.4, 0.5) is 15.8 Å². The number of halogens is 2. The molecular weight excluding hydrogens is 455 g/mol. The summed E-state index contributed by atoms with van der Waals surface area (Å²) in [5.41, 5.74) is 2.00. The van der Waals surface area contributed by atoms with Gasteiger partial charge in [-0.3, -0.25) is 14.4 Å². The summed E-state index contributed by atoms with van der Waals surface area (Å²) in [7, 11) is 0. The zero-order valence-corrected chi connectivity index (χ0v) is 18.5. The van der Waals surface area contributed by atoms with E-state index in [1.54, 1.807) is 30.3 Å². The van der Waals surface area contributed by atoms with Crippen LogP contribution >= 0.6 is 11.6 Å². The normalized spacial score (nSPS) is 24.8. The van der Waals surface area contributed by atoms with Gasteiger partial charge in [-0.25, -0.2) is 9.29 Å². The maximum Gasteiger partial charge on any atom is 0.240 e. The van der Waals surface area contributed by atoms with E-state index in [0.717, 1.165) is 16.2 Å². The minimum absolute atomic E-state index is 0.0867. The quantitative estimate of drug-likeness (QED) is 0.407. The molecule has 0 aliphatic carbocycles. The largest absolute Gasteiger partial charge is 0.352 e. The number of fused-ring (bicyclic) bond motifs is 5. The molecule has 4 atom stereocenters. The molecule has 2 saturated heterocycles. The van der Waals surface area contributed by atoms with E-state index in [0.29, 0.717) is 10.6 Å². The summed E-state index contributed by atoms with van der Waals surface area (Å²) in [4.78, 5) is 44.0. The summed E-state index contributed by atoms with van der Waals surface area (Å²) < 4.78 is 14.6. The number of benzene rings is 3. The third-order valence-corrected chi connectivity index (χ3v) is 7.16. The fourth-order valence-corrected chi connectivity index (χ4v) is 5.59. The molecule has 6 rings (SSSR count). The molecule has 0 radical (unpaired) electrons. The fraction of sp³-hybridized carbons (Fsp3) is 0.148. The summed E-state index contributed by atoms with van der Waals surface area (Å²) in [6.45, 7) is 0. The van der Waals surface area contributed by atoms with E-state index in [9.17, 15) is 18.8 Å². The Morgan fingerprint density at radius 2 is 1.47 bits per heavy atom. The Morgan fingerprint density at radius 1 is 0.824 bits per heavy atom. The first kappa shape index (κ1) is 20.8. The second-order valence-corrected chi connectivity index (χ2v) is 9.08. The molecule has 0 bridgehead atoms. The molecule has 3 aromatic carbocycles. The molecule has 5 nitrogen and oxygen atoms in total. The van der Waals surface area contributed by atoms with Crippen molar-refractivity contribution in [1.29, 1.82) is 0 Å². The van der Waals surface area contributed by atoms with Gasteiger partial charge in [0.1, 0.15) is 11.9 Å². The van der Waals surface area contributed by atoms with Gasteiger partial charge in [-0.15, -0.1) is 0 Å². The molecule has 0 saturated carbocycles. The Morgan fingerprint density at radius 3 is 2.21 bits per heavy atom. The van der Waals surface area contributed by atoms with Gasteiger partial charge in [-0.1, -0.05) is 54.1 Å². The number of hydrogen-bond donors (Lipinski definition) is 0. The van der Waals surface area contributed by atoms with Crippen LogP contribution in [0.5, 0.6) is 0 Å². The van der Waals surface area contributed by atoms with Crippen molar-refractivity contribution in [3.05, 3.63) is 101 Å². The first-order valence-electron chi connectivity index (χ1n) is 10.9. The molecule has 0 unspecified atom stereocenters. The minimum atomic E-state index is -0.948. The number of rotatable bonds is 3. The third-order valence-electron chi connectivity index (χ3n) is 6.91. The van der Waals surface area contributed by atoms with Crippen molar-refractivity contribution < 1.29 is 18.8 Å². The molecule has 0 aromatic heterocycles. The van der Waals surface area contributed by atoms with Crippen LogP contribution < -0.4 is 9.80 Å². The molecule has 3 heterocycles. The van der Waals surface area contributed by atoms with Crippen molar-refractivity contribution in [1.82, 2.24) is 0 Å². The zero-order chi connectivity index (χ0) is 23.6. The first-order chi connectivity index (χ1) is 16.5. The number of para-hydroxylation sites is 2. The van der Waals surface area contributed by atoms with Crippen molar-refractivity contribution in [2.24, 2.45) is 11.8 Å². The minimum Gasteiger partial charge on any atom is -0.352 e. The van der Waals surface area contributed by atoms with Crippen LogP contribution in [0.1, 0.15) is 15.9 Å². The first-order valence-corrected chi connectivity index (χ1v) is 11.3. The second kappa shape index (κ2) is 7.64. The Balaban J connectivity index is 1.51. The zero-order valence-electron chi connectivity index (χ0n) is 17.8. The van der Waals surface area contributed by atoms with Crippen LogP contribution in [0.3, 0.4) is 0 Å². The lowest BCUT2D eigenvalue weighted by molar-refractivity contribution is -0.122. The van der Waals surface area contributed by atoms with Gasteiger partial charge in [0, 0.05) is 16.3 Å². The highest BCUT2D eigenvalue weighted by Crippen LogP contribution is 2.50. The molecule has 2 fully saturated rings. The maximum absolute atomic E-state index is 14.6. The van der Waals surface area contributed by atoms with Crippen molar-refractivity contribution in [2.45, 2.75) is 12.1 Å². The number of imide groups is 1. The number of Topliss-reactive ketones (excluding diaryl/α,β-unsaturated/α-hetero) is 1. The average molecular weight is 473 g/mol. The van der Waals surface area contributed by atoms with Gasteiger partial charge in [-0.2, -0.15) is 0 Å². The van der Waals surface area contributed by atoms with Crippen molar-refractivity contribution in [3.8, 4) is 0 Å². The van der Waals surface area contributed by atoms with E-state index >= 15 is 0 Å². The van der Waals surface area contributed by atoms with Crippen LogP contribution in [0.2, 0.25) is 5.02 Å². The molecule has 0 N–H and O–H groups in total. The Hall–Kier alpha value is -3.77. The molecule has 3 aliphatic rings. The number of ketones is 1. The Kier molecular flexibility index (Phi) is 4.67. The summed E-state index contributed by atoms with van der Waals surface area (Å²) in [6.07, 6.45) is 3.78. The highest BCUT2D eigenvalue weighted by Gasteiger charge is 2.64. The van der Waals surface area contributed by atoms with E-state index in [1.807, 2.05) is 41.3 Å². The maximum atomic E-state index is 14.6.